The van der Waals surface area contributed by atoms with Crippen molar-refractivity contribution in [1.29, 1.82) is 0 Å². The molecule has 0 saturated heterocycles. The molecule has 1 rings (SSSR count). The average molecular weight is 228 g/mol. The van der Waals surface area contributed by atoms with Gasteiger partial charge in [-0.05, 0) is 19.1 Å². The lowest BCUT2D eigenvalue weighted by atomic mass is 10.2. The molecular formula is C9H9FN2O4. The predicted molar refractivity (Wildman–Crippen MR) is 52.1 cm³/mol. The zero-order valence-corrected chi connectivity index (χ0v) is 8.40. The van der Waals surface area contributed by atoms with E-state index in [1.165, 1.54) is 0 Å². The van der Waals surface area contributed by atoms with E-state index < -0.39 is 22.3 Å². The standard InChI is InChI=1S/C9H9FN2O4/c1-2-16-11-9(13)6-3-4-8(12(14)15)7(10)5-6/h3-5H,2H2,1H3,(H,11,13). The van der Waals surface area contributed by atoms with Crippen LogP contribution < -0.4 is 5.48 Å². The van der Waals surface area contributed by atoms with Gasteiger partial charge >= 0.3 is 5.69 Å². The highest BCUT2D eigenvalue weighted by Gasteiger charge is 2.16. The highest BCUT2D eigenvalue weighted by Crippen LogP contribution is 2.17. The molecule has 0 spiro atoms. The number of carbonyl (C=O) groups is 1. The van der Waals surface area contributed by atoms with Crippen LogP contribution in [0.3, 0.4) is 0 Å². The normalized spacial score (nSPS) is 9.88. The zero-order chi connectivity index (χ0) is 12.1. The topological polar surface area (TPSA) is 81.5 Å². The monoisotopic (exact) mass is 228 g/mol. The van der Waals surface area contributed by atoms with Crippen LogP contribution in [0.15, 0.2) is 18.2 Å². The molecule has 7 heteroatoms. The van der Waals surface area contributed by atoms with Gasteiger partial charge in [0, 0.05) is 11.6 Å². The highest BCUT2D eigenvalue weighted by atomic mass is 19.1. The minimum Gasteiger partial charge on any atom is -0.274 e. The minimum atomic E-state index is -1.06. The highest BCUT2D eigenvalue weighted by molar-refractivity contribution is 5.93. The van der Waals surface area contributed by atoms with Crippen molar-refractivity contribution in [3.8, 4) is 0 Å². The van der Waals surface area contributed by atoms with Crippen LogP contribution in [-0.4, -0.2) is 17.4 Å². The van der Waals surface area contributed by atoms with E-state index in [2.05, 4.69) is 4.84 Å². The molecule has 6 nitrogen and oxygen atoms in total. The Bertz CT molecular complexity index is 422. The maximum atomic E-state index is 13.1. The number of hydrogen-bond acceptors (Lipinski definition) is 4. The molecule has 0 bridgehead atoms. The van der Waals surface area contributed by atoms with Crippen molar-refractivity contribution in [2.24, 2.45) is 0 Å². The SMILES string of the molecule is CCONC(=O)c1ccc([N+](=O)[O-])c(F)c1. The van der Waals surface area contributed by atoms with Crippen LogP contribution in [0.5, 0.6) is 0 Å². The first kappa shape index (κ1) is 12.1. The smallest absolute Gasteiger partial charge is 0.274 e. The molecule has 1 aromatic rings. The van der Waals surface area contributed by atoms with Crippen LogP contribution in [0.25, 0.3) is 0 Å². The molecule has 1 N–H and O–H groups in total. The van der Waals surface area contributed by atoms with E-state index in [-0.39, 0.29) is 12.2 Å². The first-order valence-electron chi connectivity index (χ1n) is 4.42. The van der Waals surface area contributed by atoms with Crippen LogP contribution >= 0.6 is 0 Å². The van der Waals surface area contributed by atoms with Crippen molar-refractivity contribution in [1.82, 2.24) is 5.48 Å². The third-order valence-electron chi connectivity index (χ3n) is 1.72. The third-order valence-corrected chi connectivity index (χ3v) is 1.72. The molecule has 0 unspecified atom stereocenters. The summed E-state index contributed by atoms with van der Waals surface area (Å²) in [7, 11) is 0. The maximum absolute atomic E-state index is 13.1. The number of hydroxylamine groups is 1. The number of hydrogen-bond donors (Lipinski definition) is 1. The minimum absolute atomic E-state index is 0.0449. The van der Waals surface area contributed by atoms with Gasteiger partial charge in [-0.2, -0.15) is 4.39 Å². The van der Waals surface area contributed by atoms with E-state index in [4.69, 9.17) is 0 Å². The number of nitrogens with zero attached hydrogens (tertiary/aromatic N) is 1. The van der Waals surface area contributed by atoms with Gasteiger partial charge in [-0.3, -0.25) is 19.7 Å². The van der Waals surface area contributed by atoms with Gasteiger partial charge in [0.05, 0.1) is 11.5 Å². The average Bonchev–Trinajstić information content (AvgIpc) is 2.25. The van der Waals surface area contributed by atoms with Gasteiger partial charge in [0.2, 0.25) is 5.82 Å². The molecule has 0 aromatic heterocycles. The fourth-order valence-electron chi connectivity index (χ4n) is 0.993. The van der Waals surface area contributed by atoms with E-state index in [1.807, 2.05) is 5.48 Å². The number of rotatable bonds is 4. The zero-order valence-electron chi connectivity index (χ0n) is 8.40. The molecule has 0 atom stereocenters. The Morgan fingerprint density at radius 3 is 2.81 bits per heavy atom. The summed E-state index contributed by atoms with van der Waals surface area (Å²) in [6.07, 6.45) is 0. The first-order chi connectivity index (χ1) is 7.56. The lowest BCUT2D eigenvalue weighted by molar-refractivity contribution is -0.387. The van der Waals surface area contributed by atoms with Crippen molar-refractivity contribution < 1.29 is 18.9 Å². The Labute approximate surface area is 90.1 Å². The molecular weight excluding hydrogens is 219 g/mol. The Morgan fingerprint density at radius 2 is 2.31 bits per heavy atom. The Kier molecular flexibility index (Phi) is 3.90. The second kappa shape index (κ2) is 5.17. The second-order valence-electron chi connectivity index (χ2n) is 2.79. The number of nitro benzene ring substituents is 1. The van der Waals surface area contributed by atoms with Gasteiger partial charge in [0.25, 0.3) is 5.91 Å². The van der Waals surface area contributed by atoms with Crippen molar-refractivity contribution in [2.75, 3.05) is 6.61 Å². The van der Waals surface area contributed by atoms with Gasteiger partial charge in [-0.1, -0.05) is 0 Å². The largest absolute Gasteiger partial charge is 0.304 e. The number of amides is 1. The van der Waals surface area contributed by atoms with Gasteiger partial charge < -0.3 is 0 Å². The number of carbonyl (C=O) groups excluding carboxylic acids is 1. The summed E-state index contributed by atoms with van der Waals surface area (Å²) in [4.78, 5) is 25.3. The summed E-state index contributed by atoms with van der Waals surface area (Å²) in [6, 6.07) is 2.86. The lowest BCUT2D eigenvalue weighted by Crippen LogP contribution is -2.23. The molecule has 1 amide bonds. The number of nitrogens with one attached hydrogen (secondary N) is 1. The van der Waals surface area contributed by atoms with Crippen LogP contribution in [0.2, 0.25) is 0 Å². The van der Waals surface area contributed by atoms with Crippen LogP contribution in [0.1, 0.15) is 17.3 Å². The van der Waals surface area contributed by atoms with E-state index in [1.54, 1.807) is 6.92 Å². The van der Waals surface area contributed by atoms with E-state index in [0.717, 1.165) is 18.2 Å². The molecule has 0 saturated carbocycles. The maximum Gasteiger partial charge on any atom is 0.304 e. The van der Waals surface area contributed by atoms with E-state index in [0.29, 0.717) is 0 Å². The summed E-state index contributed by atoms with van der Waals surface area (Å²) in [5.41, 5.74) is 1.33. The summed E-state index contributed by atoms with van der Waals surface area (Å²) in [5.74, 6) is -1.72. The van der Waals surface area contributed by atoms with Crippen LogP contribution in [-0.2, 0) is 4.84 Å². The molecule has 0 aliphatic carbocycles. The van der Waals surface area contributed by atoms with E-state index in [9.17, 15) is 19.3 Å². The van der Waals surface area contributed by atoms with E-state index >= 15 is 0 Å². The van der Waals surface area contributed by atoms with Crippen molar-refractivity contribution in [2.45, 2.75) is 6.92 Å². The van der Waals surface area contributed by atoms with Gasteiger partial charge in [-0.15, -0.1) is 0 Å². The second-order valence-corrected chi connectivity index (χ2v) is 2.79. The van der Waals surface area contributed by atoms with Gasteiger partial charge in [0.1, 0.15) is 0 Å². The molecule has 0 heterocycles. The van der Waals surface area contributed by atoms with Crippen molar-refractivity contribution in [3.05, 3.63) is 39.7 Å². The summed E-state index contributed by atoms with van der Waals surface area (Å²) in [6.45, 7) is 1.93. The van der Waals surface area contributed by atoms with Crippen molar-refractivity contribution >= 4 is 11.6 Å². The Balaban J connectivity index is 2.88. The summed E-state index contributed by atoms with van der Waals surface area (Å²) < 4.78 is 13.1. The number of benzene rings is 1. The number of halogens is 1. The predicted octanol–water partition coefficient (Wildman–Crippen LogP) is 1.42. The third kappa shape index (κ3) is 2.74. The molecule has 16 heavy (non-hydrogen) atoms. The van der Waals surface area contributed by atoms with Crippen LogP contribution in [0, 0.1) is 15.9 Å². The van der Waals surface area contributed by atoms with Crippen LogP contribution in [0.4, 0.5) is 10.1 Å². The molecule has 1 aromatic carbocycles. The number of nitro groups is 1. The fraction of sp³-hybridized carbons (Fsp3) is 0.222. The molecule has 0 radical (unpaired) electrons. The molecule has 0 aliphatic heterocycles. The fourth-order valence-corrected chi connectivity index (χ4v) is 0.993. The molecule has 86 valence electrons. The first-order valence-corrected chi connectivity index (χ1v) is 4.42. The lowest BCUT2D eigenvalue weighted by Gasteiger charge is -2.03. The summed E-state index contributed by atoms with van der Waals surface area (Å²) in [5, 5.41) is 10.3. The molecule has 0 fully saturated rings. The Hall–Kier alpha value is -2.02. The van der Waals surface area contributed by atoms with Gasteiger partial charge in [-0.25, -0.2) is 5.48 Å². The molecule has 0 aliphatic rings. The Morgan fingerprint density at radius 1 is 1.62 bits per heavy atom. The quantitative estimate of drug-likeness (QED) is 0.624. The van der Waals surface area contributed by atoms with Gasteiger partial charge in [0.15, 0.2) is 0 Å². The summed E-state index contributed by atoms with van der Waals surface area (Å²) >= 11 is 0. The van der Waals surface area contributed by atoms with Crippen molar-refractivity contribution in [3.63, 3.8) is 0 Å².